The Kier molecular flexibility index (Phi) is 4.96. The third-order valence-corrected chi connectivity index (χ3v) is 3.90. The predicted molar refractivity (Wildman–Crippen MR) is 97.7 cm³/mol. The molecule has 0 spiro atoms. The van der Waals surface area contributed by atoms with Crippen molar-refractivity contribution in [2.24, 2.45) is 5.73 Å². The topological polar surface area (TPSA) is 53.1 Å². The molecule has 0 aliphatic heterocycles. The fourth-order valence-corrected chi connectivity index (χ4v) is 2.68. The number of ether oxygens (including phenoxy) is 1. The highest BCUT2D eigenvalue weighted by molar-refractivity contribution is 5.63. The monoisotopic (exact) mass is 321 g/mol. The molecule has 0 amide bonds. The summed E-state index contributed by atoms with van der Waals surface area (Å²) in [5, 5.41) is 4.74. The van der Waals surface area contributed by atoms with E-state index in [1.54, 1.807) is 0 Å². The highest BCUT2D eigenvalue weighted by Crippen LogP contribution is 2.25. The Morgan fingerprint density at radius 1 is 1.04 bits per heavy atom. The fraction of sp³-hybridized carbons (Fsp3) is 0.250. The number of aromatic nitrogens is 2. The van der Waals surface area contributed by atoms with Crippen LogP contribution in [0.4, 0.5) is 0 Å². The standard InChI is InChI=1S/C20H23N3O/c1-3-24-19-10-8-18(9-11-19)23-20(14-17(22-23)12-13-21)16-6-4-15(2)5-7-16/h4-11,14H,3,12-13,21H2,1-2H3. The quantitative estimate of drug-likeness (QED) is 0.752. The molecule has 0 atom stereocenters. The largest absolute Gasteiger partial charge is 0.494 e. The van der Waals surface area contributed by atoms with E-state index in [0.29, 0.717) is 13.2 Å². The van der Waals surface area contributed by atoms with E-state index >= 15 is 0 Å². The molecule has 2 aromatic carbocycles. The molecule has 4 nitrogen and oxygen atoms in total. The number of nitrogens with zero attached hydrogens (tertiary/aromatic N) is 2. The van der Waals surface area contributed by atoms with E-state index in [1.165, 1.54) is 5.56 Å². The molecule has 3 aromatic rings. The van der Waals surface area contributed by atoms with E-state index in [-0.39, 0.29) is 0 Å². The summed E-state index contributed by atoms with van der Waals surface area (Å²) in [7, 11) is 0. The minimum atomic E-state index is 0.591. The Balaban J connectivity index is 2.03. The lowest BCUT2D eigenvalue weighted by Gasteiger charge is -2.09. The van der Waals surface area contributed by atoms with Crippen LogP contribution in [0.2, 0.25) is 0 Å². The number of rotatable bonds is 6. The van der Waals surface area contributed by atoms with Gasteiger partial charge in [-0.1, -0.05) is 29.8 Å². The average Bonchev–Trinajstić information content (AvgIpc) is 3.01. The first-order valence-corrected chi connectivity index (χ1v) is 8.30. The molecule has 24 heavy (non-hydrogen) atoms. The van der Waals surface area contributed by atoms with Crippen LogP contribution in [-0.2, 0) is 6.42 Å². The molecule has 0 bridgehead atoms. The number of benzene rings is 2. The number of hydrogen-bond donors (Lipinski definition) is 1. The van der Waals surface area contributed by atoms with Gasteiger partial charge in [-0.3, -0.25) is 0 Å². The van der Waals surface area contributed by atoms with E-state index < -0.39 is 0 Å². The Morgan fingerprint density at radius 2 is 1.75 bits per heavy atom. The van der Waals surface area contributed by atoms with Gasteiger partial charge in [0.2, 0.25) is 0 Å². The number of hydrogen-bond acceptors (Lipinski definition) is 3. The van der Waals surface area contributed by atoms with Crippen LogP contribution < -0.4 is 10.5 Å². The van der Waals surface area contributed by atoms with Crippen molar-refractivity contribution in [1.82, 2.24) is 9.78 Å². The minimum Gasteiger partial charge on any atom is -0.494 e. The van der Waals surface area contributed by atoms with Gasteiger partial charge in [0.1, 0.15) is 5.75 Å². The van der Waals surface area contributed by atoms with Gasteiger partial charge < -0.3 is 10.5 Å². The van der Waals surface area contributed by atoms with Gasteiger partial charge >= 0.3 is 0 Å². The second kappa shape index (κ2) is 7.32. The van der Waals surface area contributed by atoms with Crippen molar-refractivity contribution in [2.45, 2.75) is 20.3 Å². The molecule has 124 valence electrons. The maximum Gasteiger partial charge on any atom is 0.119 e. The van der Waals surface area contributed by atoms with Gasteiger partial charge in [-0.05, 0) is 50.7 Å². The van der Waals surface area contributed by atoms with Crippen molar-refractivity contribution in [3.8, 4) is 22.7 Å². The van der Waals surface area contributed by atoms with Crippen molar-refractivity contribution < 1.29 is 4.74 Å². The summed E-state index contributed by atoms with van der Waals surface area (Å²) < 4.78 is 7.50. The summed E-state index contributed by atoms with van der Waals surface area (Å²) in [6.45, 7) is 5.33. The number of nitrogens with two attached hydrogens (primary N) is 1. The van der Waals surface area contributed by atoms with Gasteiger partial charge in [0.15, 0.2) is 0 Å². The maximum absolute atomic E-state index is 5.70. The Morgan fingerprint density at radius 3 is 2.38 bits per heavy atom. The molecule has 0 aliphatic rings. The van der Waals surface area contributed by atoms with Crippen LogP contribution in [0.3, 0.4) is 0 Å². The van der Waals surface area contributed by atoms with Gasteiger partial charge in [-0.15, -0.1) is 0 Å². The molecule has 0 saturated heterocycles. The molecule has 3 rings (SSSR count). The van der Waals surface area contributed by atoms with E-state index in [1.807, 2.05) is 35.9 Å². The SMILES string of the molecule is CCOc1ccc(-n2nc(CCN)cc2-c2ccc(C)cc2)cc1. The Hall–Kier alpha value is -2.59. The maximum atomic E-state index is 5.70. The molecule has 2 N–H and O–H groups in total. The van der Waals surface area contributed by atoms with Gasteiger partial charge in [-0.2, -0.15) is 5.10 Å². The van der Waals surface area contributed by atoms with Crippen LogP contribution >= 0.6 is 0 Å². The minimum absolute atomic E-state index is 0.591. The van der Waals surface area contributed by atoms with E-state index in [2.05, 4.69) is 37.3 Å². The second-order valence-corrected chi connectivity index (χ2v) is 5.76. The van der Waals surface area contributed by atoms with Crippen LogP contribution in [0.1, 0.15) is 18.2 Å². The van der Waals surface area contributed by atoms with E-state index in [0.717, 1.165) is 34.8 Å². The average molecular weight is 321 g/mol. The normalized spacial score (nSPS) is 10.8. The fourth-order valence-electron chi connectivity index (χ4n) is 2.68. The molecule has 4 heteroatoms. The molecule has 0 fully saturated rings. The van der Waals surface area contributed by atoms with Crippen molar-refractivity contribution in [2.75, 3.05) is 13.2 Å². The van der Waals surface area contributed by atoms with Crippen LogP contribution in [0.5, 0.6) is 5.75 Å². The number of aryl methyl sites for hydroxylation is 1. The van der Waals surface area contributed by atoms with Gasteiger partial charge in [0.25, 0.3) is 0 Å². The zero-order valence-electron chi connectivity index (χ0n) is 14.2. The highest BCUT2D eigenvalue weighted by Gasteiger charge is 2.11. The molecular weight excluding hydrogens is 298 g/mol. The summed E-state index contributed by atoms with van der Waals surface area (Å²) in [6.07, 6.45) is 0.767. The Bertz CT molecular complexity index is 789. The summed E-state index contributed by atoms with van der Waals surface area (Å²) in [4.78, 5) is 0. The first-order valence-electron chi connectivity index (χ1n) is 8.30. The smallest absolute Gasteiger partial charge is 0.119 e. The third-order valence-electron chi connectivity index (χ3n) is 3.90. The summed E-state index contributed by atoms with van der Waals surface area (Å²) >= 11 is 0. The summed E-state index contributed by atoms with van der Waals surface area (Å²) in [6, 6.07) is 18.6. The molecule has 1 heterocycles. The van der Waals surface area contributed by atoms with Crippen molar-refractivity contribution in [1.29, 1.82) is 0 Å². The molecule has 1 aromatic heterocycles. The van der Waals surface area contributed by atoms with Gasteiger partial charge in [-0.25, -0.2) is 4.68 Å². The summed E-state index contributed by atoms with van der Waals surface area (Å²) in [5.74, 6) is 0.868. The first kappa shape index (κ1) is 16.3. The zero-order valence-corrected chi connectivity index (χ0v) is 14.2. The lowest BCUT2D eigenvalue weighted by molar-refractivity contribution is 0.340. The van der Waals surface area contributed by atoms with Gasteiger partial charge in [0.05, 0.1) is 23.7 Å². The van der Waals surface area contributed by atoms with Crippen LogP contribution in [0.25, 0.3) is 16.9 Å². The molecular formula is C20H23N3O. The van der Waals surface area contributed by atoms with Crippen molar-refractivity contribution in [3.05, 3.63) is 65.9 Å². The van der Waals surface area contributed by atoms with Gasteiger partial charge in [0, 0.05) is 12.0 Å². The molecule has 0 unspecified atom stereocenters. The lowest BCUT2D eigenvalue weighted by atomic mass is 10.1. The predicted octanol–water partition coefficient (Wildman–Crippen LogP) is 3.75. The van der Waals surface area contributed by atoms with E-state index in [9.17, 15) is 0 Å². The summed E-state index contributed by atoms with van der Waals surface area (Å²) in [5.41, 5.74) is 11.2. The van der Waals surface area contributed by atoms with Crippen LogP contribution in [0, 0.1) is 6.92 Å². The highest BCUT2D eigenvalue weighted by atomic mass is 16.5. The van der Waals surface area contributed by atoms with Crippen LogP contribution in [-0.4, -0.2) is 22.9 Å². The Labute approximate surface area is 142 Å². The zero-order chi connectivity index (χ0) is 16.9. The van der Waals surface area contributed by atoms with Crippen molar-refractivity contribution in [3.63, 3.8) is 0 Å². The molecule has 0 saturated carbocycles. The molecule has 0 radical (unpaired) electrons. The van der Waals surface area contributed by atoms with E-state index in [4.69, 9.17) is 15.6 Å². The van der Waals surface area contributed by atoms with Crippen molar-refractivity contribution >= 4 is 0 Å². The molecule has 0 aliphatic carbocycles. The first-order chi connectivity index (χ1) is 11.7. The van der Waals surface area contributed by atoms with Crippen LogP contribution in [0.15, 0.2) is 54.6 Å². The lowest BCUT2D eigenvalue weighted by Crippen LogP contribution is -2.04. The second-order valence-electron chi connectivity index (χ2n) is 5.76. The third kappa shape index (κ3) is 3.49.